The highest BCUT2D eigenvalue weighted by molar-refractivity contribution is 5.68. The van der Waals surface area contributed by atoms with E-state index in [4.69, 9.17) is 0 Å². The minimum Gasteiger partial charge on any atom is -0.258 e. The van der Waals surface area contributed by atoms with Crippen molar-refractivity contribution in [2.24, 2.45) is 0 Å². The van der Waals surface area contributed by atoms with Crippen molar-refractivity contribution in [1.82, 2.24) is 0 Å². The van der Waals surface area contributed by atoms with E-state index in [0.29, 0.717) is 18.2 Å². The Labute approximate surface area is 112 Å². The lowest BCUT2D eigenvalue weighted by molar-refractivity contribution is -0.387. The Morgan fingerprint density at radius 2 is 1.29 bits per heavy atom. The van der Waals surface area contributed by atoms with Crippen LogP contribution in [-0.4, -0.2) is 4.92 Å². The molecule has 0 aliphatic carbocycles. The molecule has 0 radical (unpaired) electrons. The van der Waals surface area contributed by atoms with E-state index in [0.717, 1.165) is 0 Å². The SMILES string of the molecule is O=[N+]([O-])c1cc(-c2c(F)c(F)c(F)c(F)c2F)ccc1F. The highest BCUT2D eigenvalue weighted by atomic mass is 19.2. The third-order valence-corrected chi connectivity index (χ3v) is 2.64. The Morgan fingerprint density at radius 3 is 1.76 bits per heavy atom. The van der Waals surface area contributed by atoms with E-state index in [1.807, 2.05) is 0 Å². The first kappa shape index (κ1) is 14.8. The average Bonchev–Trinajstić information content (AvgIpc) is 2.44. The molecule has 9 heteroatoms. The van der Waals surface area contributed by atoms with Crippen LogP contribution in [0.5, 0.6) is 0 Å². The van der Waals surface area contributed by atoms with Gasteiger partial charge in [-0.05, 0) is 11.6 Å². The zero-order chi connectivity index (χ0) is 15.9. The van der Waals surface area contributed by atoms with Crippen molar-refractivity contribution in [3.63, 3.8) is 0 Å². The molecular formula is C12H3F6NO2. The maximum absolute atomic E-state index is 13.5. The molecule has 0 heterocycles. The predicted molar refractivity (Wildman–Crippen MR) is 58.3 cm³/mol. The number of nitro benzene ring substituents is 1. The van der Waals surface area contributed by atoms with E-state index >= 15 is 0 Å². The lowest BCUT2D eigenvalue weighted by Gasteiger charge is -2.08. The van der Waals surface area contributed by atoms with Gasteiger partial charge in [-0.1, -0.05) is 6.07 Å². The van der Waals surface area contributed by atoms with E-state index in [1.165, 1.54) is 0 Å². The van der Waals surface area contributed by atoms with Crippen molar-refractivity contribution < 1.29 is 31.3 Å². The fourth-order valence-corrected chi connectivity index (χ4v) is 1.67. The minimum absolute atomic E-state index is 0.383. The van der Waals surface area contributed by atoms with Gasteiger partial charge in [0.25, 0.3) is 0 Å². The Kier molecular flexibility index (Phi) is 3.58. The molecule has 0 unspecified atom stereocenters. The molecule has 0 saturated carbocycles. The second kappa shape index (κ2) is 5.08. The molecule has 2 aromatic rings. The van der Waals surface area contributed by atoms with Crippen LogP contribution in [0.3, 0.4) is 0 Å². The predicted octanol–water partition coefficient (Wildman–Crippen LogP) is 4.10. The highest BCUT2D eigenvalue weighted by Gasteiger charge is 2.28. The maximum Gasteiger partial charge on any atom is 0.305 e. The minimum atomic E-state index is -2.36. The molecule has 3 nitrogen and oxygen atoms in total. The summed E-state index contributed by atoms with van der Waals surface area (Å²) in [5, 5.41) is 10.5. The Morgan fingerprint density at radius 1 is 0.810 bits per heavy atom. The number of nitrogens with zero attached hydrogens (tertiary/aromatic N) is 1. The fraction of sp³-hybridized carbons (Fsp3) is 0. The maximum atomic E-state index is 13.5. The fourth-order valence-electron chi connectivity index (χ4n) is 1.67. The molecule has 0 aliphatic rings. The van der Waals surface area contributed by atoms with Crippen LogP contribution < -0.4 is 0 Å². The molecular weight excluding hydrogens is 304 g/mol. The topological polar surface area (TPSA) is 43.1 Å². The summed E-state index contributed by atoms with van der Waals surface area (Å²) in [7, 11) is 0. The van der Waals surface area contributed by atoms with Crippen molar-refractivity contribution >= 4 is 5.69 Å². The van der Waals surface area contributed by atoms with Gasteiger partial charge in [0.1, 0.15) is 0 Å². The first-order valence-electron chi connectivity index (χ1n) is 5.21. The summed E-state index contributed by atoms with van der Waals surface area (Å²) in [5.41, 5.74) is -3.23. The zero-order valence-electron chi connectivity index (χ0n) is 9.76. The van der Waals surface area contributed by atoms with Gasteiger partial charge in [-0.3, -0.25) is 10.1 Å². The summed E-state index contributed by atoms with van der Waals surface area (Å²) in [6, 6.07) is 1.54. The lowest BCUT2D eigenvalue weighted by Crippen LogP contribution is -2.04. The molecule has 0 amide bonds. The van der Waals surface area contributed by atoms with Crippen molar-refractivity contribution in [3.8, 4) is 11.1 Å². The average molecular weight is 307 g/mol. The van der Waals surface area contributed by atoms with Crippen molar-refractivity contribution in [3.05, 3.63) is 63.2 Å². The van der Waals surface area contributed by atoms with Crippen LogP contribution in [0.1, 0.15) is 0 Å². The molecule has 2 rings (SSSR count). The Balaban J connectivity index is 2.80. The normalized spacial score (nSPS) is 10.8. The smallest absolute Gasteiger partial charge is 0.258 e. The van der Waals surface area contributed by atoms with Gasteiger partial charge in [0, 0.05) is 6.07 Å². The first-order valence-corrected chi connectivity index (χ1v) is 5.21. The van der Waals surface area contributed by atoms with Gasteiger partial charge in [0.05, 0.1) is 10.5 Å². The molecule has 0 saturated heterocycles. The molecule has 110 valence electrons. The van der Waals surface area contributed by atoms with Gasteiger partial charge < -0.3 is 0 Å². The molecule has 0 aromatic heterocycles. The summed E-state index contributed by atoms with van der Waals surface area (Å²) in [6.07, 6.45) is 0. The number of benzene rings is 2. The third-order valence-electron chi connectivity index (χ3n) is 2.64. The van der Waals surface area contributed by atoms with Crippen LogP contribution in [0.15, 0.2) is 18.2 Å². The number of halogens is 6. The molecule has 0 fully saturated rings. The number of rotatable bonds is 2. The van der Waals surface area contributed by atoms with E-state index in [1.54, 1.807) is 0 Å². The Bertz CT molecular complexity index is 733. The molecule has 0 atom stereocenters. The van der Waals surface area contributed by atoms with Crippen molar-refractivity contribution in [2.75, 3.05) is 0 Å². The van der Waals surface area contributed by atoms with E-state index in [2.05, 4.69) is 0 Å². The molecule has 21 heavy (non-hydrogen) atoms. The molecule has 0 N–H and O–H groups in total. The highest BCUT2D eigenvalue weighted by Crippen LogP contribution is 2.33. The lowest BCUT2D eigenvalue weighted by atomic mass is 10.0. The summed E-state index contributed by atoms with van der Waals surface area (Å²) in [4.78, 5) is 9.34. The van der Waals surface area contributed by atoms with Gasteiger partial charge in [-0.2, -0.15) is 4.39 Å². The summed E-state index contributed by atoms with van der Waals surface area (Å²) >= 11 is 0. The van der Waals surface area contributed by atoms with E-state index in [9.17, 15) is 36.5 Å². The van der Waals surface area contributed by atoms with Crippen LogP contribution >= 0.6 is 0 Å². The van der Waals surface area contributed by atoms with Crippen molar-refractivity contribution in [1.29, 1.82) is 0 Å². The third kappa shape index (κ3) is 2.30. The summed E-state index contributed by atoms with van der Waals surface area (Å²) in [5.74, 6) is -12.4. The molecule has 0 aliphatic heterocycles. The molecule has 2 aromatic carbocycles. The van der Waals surface area contributed by atoms with Gasteiger partial charge >= 0.3 is 5.69 Å². The monoisotopic (exact) mass is 307 g/mol. The summed E-state index contributed by atoms with van der Waals surface area (Å²) < 4.78 is 79.2. The van der Waals surface area contributed by atoms with Gasteiger partial charge in [0.2, 0.25) is 11.6 Å². The van der Waals surface area contributed by atoms with Crippen LogP contribution in [-0.2, 0) is 0 Å². The largest absolute Gasteiger partial charge is 0.305 e. The molecule has 0 bridgehead atoms. The molecule has 0 spiro atoms. The van der Waals surface area contributed by atoms with Crippen LogP contribution in [0, 0.1) is 45.0 Å². The van der Waals surface area contributed by atoms with Crippen LogP contribution in [0.4, 0.5) is 32.0 Å². The quantitative estimate of drug-likeness (QED) is 0.276. The van der Waals surface area contributed by atoms with Crippen molar-refractivity contribution in [2.45, 2.75) is 0 Å². The van der Waals surface area contributed by atoms with Gasteiger partial charge in [0.15, 0.2) is 23.3 Å². The van der Waals surface area contributed by atoms with E-state index in [-0.39, 0.29) is 0 Å². The second-order valence-electron chi connectivity index (χ2n) is 3.87. The summed E-state index contributed by atoms with van der Waals surface area (Å²) in [6.45, 7) is 0. The number of nitro groups is 1. The van der Waals surface area contributed by atoms with Gasteiger partial charge in [-0.25, -0.2) is 22.0 Å². The second-order valence-corrected chi connectivity index (χ2v) is 3.87. The van der Waals surface area contributed by atoms with Crippen LogP contribution in [0.2, 0.25) is 0 Å². The Hall–Kier alpha value is -2.58. The number of hydrogen-bond acceptors (Lipinski definition) is 2. The first-order chi connectivity index (χ1) is 9.75. The zero-order valence-corrected chi connectivity index (χ0v) is 9.76. The van der Waals surface area contributed by atoms with Crippen LogP contribution in [0.25, 0.3) is 11.1 Å². The van der Waals surface area contributed by atoms with E-state index < -0.39 is 56.6 Å². The van der Waals surface area contributed by atoms with Gasteiger partial charge in [-0.15, -0.1) is 0 Å². The number of hydrogen-bond donors (Lipinski definition) is 0. The standard InChI is InChI=1S/C12H3F6NO2/c13-5-2-1-4(3-6(5)19(20)21)7-8(14)10(16)12(18)11(17)9(7)15/h1-3H.